The van der Waals surface area contributed by atoms with Crippen molar-refractivity contribution in [2.45, 2.75) is 18.3 Å². The van der Waals surface area contributed by atoms with E-state index in [-0.39, 0.29) is 32.9 Å². The highest BCUT2D eigenvalue weighted by molar-refractivity contribution is 7.93. The number of alkyl halides is 3. The summed E-state index contributed by atoms with van der Waals surface area (Å²) in [6.07, 6.45) is 2.11. The van der Waals surface area contributed by atoms with Crippen LogP contribution in [0.1, 0.15) is 22.3 Å². The summed E-state index contributed by atoms with van der Waals surface area (Å²) in [5.74, 6) is 0.0834. The molecular weight excluding hydrogens is 555 g/mol. The molecular formula is C26H20ClF3N5O3S+. The van der Waals surface area contributed by atoms with Gasteiger partial charge < -0.3 is 9.47 Å². The zero-order chi connectivity index (χ0) is 28.2. The molecule has 0 spiro atoms. The summed E-state index contributed by atoms with van der Waals surface area (Å²) in [4.78, 5) is 24.5. The van der Waals surface area contributed by atoms with Gasteiger partial charge in [-0.15, -0.1) is 0 Å². The van der Waals surface area contributed by atoms with E-state index in [1.807, 2.05) is 13.1 Å². The van der Waals surface area contributed by atoms with Crippen LogP contribution in [0, 0.1) is 11.3 Å². The third-order valence-corrected chi connectivity index (χ3v) is 7.04. The minimum atomic E-state index is -4.65. The van der Waals surface area contributed by atoms with E-state index in [2.05, 4.69) is 15.0 Å². The molecule has 0 bridgehead atoms. The Kier molecular flexibility index (Phi) is 8.25. The molecule has 0 N–H and O–H groups in total. The number of amides is 1. The maximum absolute atomic E-state index is 13.2. The van der Waals surface area contributed by atoms with E-state index in [4.69, 9.17) is 21.1 Å². The van der Waals surface area contributed by atoms with E-state index in [1.165, 1.54) is 37.5 Å². The lowest BCUT2D eigenvalue weighted by Gasteiger charge is -2.25. The molecule has 39 heavy (non-hydrogen) atoms. The Labute approximate surface area is 231 Å². The number of benzene rings is 2. The number of aliphatic imine (C=N–C) groups is 1. The minimum absolute atomic E-state index is 0.0995. The van der Waals surface area contributed by atoms with E-state index >= 15 is 0 Å². The van der Waals surface area contributed by atoms with Crippen LogP contribution >= 0.6 is 23.5 Å². The van der Waals surface area contributed by atoms with Crippen molar-refractivity contribution >= 4 is 35.8 Å². The van der Waals surface area contributed by atoms with Crippen molar-refractivity contribution in [3.05, 3.63) is 87.8 Å². The van der Waals surface area contributed by atoms with Crippen molar-refractivity contribution in [2.75, 3.05) is 14.2 Å². The molecule has 0 saturated heterocycles. The van der Waals surface area contributed by atoms with E-state index in [1.54, 1.807) is 30.7 Å². The fraction of sp³-hybridized carbons (Fsp3) is 0.192. The maximum Gasteiger partial charge on any atom is 0.417 e. The number of rotatable bonds is 8. The lowest BCUT2D eigenvalue weighted by atomic mass is 10.1. The Morgan fingerprint density at radius 3 is 2.54 bits per heavy atom. The molecule has 1 aromatic heterocycles. The SMILES string of the molecule is COc1ncc(CC2=C[N+](C)(SCc3ccc(Oc4ccc(Cl)c(C(F)(F)F)c4)c(C#N)c3)C=NC2=O)cn1. The van der Waals surface area contributed by atoms with Crippen LogP contribution in [0.3, 0.4) is 0 Å². The van der Waals surface area contributed by atoms with Gasteiger partial charge in [0.25, 0.3) is 5.91 Å². The Hall–Kier alpha value is -3.92. The van der Waals surface area contributed by atoms with E-state index < -0.39 is 16.8 Å². The quantitative estimate of drug-likeness (QED) is 0.236. The van der Waals surface area contributed by atoms with Gasteiger partial charge in [-0.1, -0.05) is 17.7 Å². The number of carbonyl (C=O) groups is 1. The van der Waals surface area contributed by atoms with Crippen molar-refractivity contribution in [1.82, 2.24) is 9.97 Å². The van der Waals surface area contributed by atoms with Gasteiger partial charge in [0.1, 0.15) is 23.8 Å². The number of aromatic nitrogens is 2. The summed E-state index contributed by atoms with van der Waals surface area (Å²) in [5, 5.41) is 9.18. The molecule has 1 atom stereocenters. The smallest absolute Gasteiger partial charge is 0.417 e. The number of ether oxygens (including phenoxy) is 2. The summed E-state index contributed by atoms with van der Waals surface area (Å²) in [7, 11) is 3.32. The van der Waals surface area contributed by atoms with Gasteiger partial charge in [-0.2, -0.15) is 27.3 Å². The topological polar surface area (TPSA) is 97.5 Å². The normalized spacial score (nSPS) is 16.9. The molecule has 0 radical (unpaired) electrons. The summed E-state index contributed by atoms with van der Waals surface area (Å²) < 4.78 is 50.2. The zero-order valence-corrected chi connectivity index (χ0v) is 22.1. The molecule has 1 aliphatic heterocycles. The highest BCUT2D eigenvalue weighted by Gasteiger charge is 2.34. The van der Waals surface area contributed by atoms with Gasteiger partial charge in [0.15, 0.2) is 0 Å². The van der Waals surface area contributed by atoms with Gasteiger partial charge in [-0.25, -0.2) is 9.97 Å². The third-order valence-electron chi connectivity index (χ3n) is 5.49. The largest absolute Gasteiger partial charge is 0.467 e. The van der Waals surface area contributed by atoms with Crippen molar-refractivity contribution in [3.63, 3.8) is 0 Å². The molecule has 8 nitrogen and oxygen atoms in total. The van der Waals surface area contributed by atoms with Crippen molar-refractivity contribution in [2.24, 2.45) is 4.99 Å². The molecule has 4 rings (SSSR count). The second-order valence-corrected chi connectivity index (χ2v) is 10.2. The van der Waals surface area contributed by atoms with Gasteiger partial charge in [0.05, 0.1) is 53.6 Å². The first-order chi connectivity index (χ1) is 18.5. The van der Waals surface area contributed by atoms with Crippen LogP contribution in [-0.4, -0.2) is 40.3 Å². The summed E-state index contributed by atoms with van der Waals surface area (Å²) in [6.45, 7) is 0. The van der Waals surface area contributed by atoms with Crippen LogP contribution in [0.15, 0.2) is 65.6 Å². The lowest BCUT2D eigenvalue weighted by Crippen LogP contribution is -2.33. The number of hydrogen-bond donors (Lipinski definition) is 0. The zero-order valence-electron chi connectivity index (χ0n) is 20.6. The molecule has 0 fully saturated rings. The number of hydrogen-bond acceptors (Lipinski definition) is 7. The van der Waals surface area contributed by atoms with Gasteiger partial charge in [0, 0.05) is 18.8 Å². The molecule has 13 heteroatoms. The highest BCUT2D eigenvalue weighted by Crippen LogP contribution is 2.38. The fourth-order valence-electron chi connectivity index (χ4n) is 3.57. The Morgan fingerprint density at radius 2 is 1.87 bits per heavy atom. The summed E-state index contributed by atoms with van der Waals surface area (Å²) in [6, 6.07) is 10.3. The van der Waals surface area contributed by atoms with E-state index in [0.717, 1.165) is 23.3 Å². The Bertz CT molecular complexity index is 1510. The van der Waals surface area contributed by atoms with Gasteiger partial charge in [0.2, 0.25) is 6.34 Å². The number of methoxy groups -OCH3 is 1. The first-order valence-electron chi connectivity index (χ1n) is 11.2. The van der Waals surface area contributed by atoms with Crippen LogP contribution in [0.25, 0.3) is 0 Å². The fourth-order valence-corrected chi connectivity index (χ4v) is 4.72. The lowest BCUT2D eigenvalue weighted by molar-refractivity contribution is -0.601. The van der Waals surface area contributed by atoms with Crippen molar-refractivity contribution in [3.8, 4) is 23.6 Å². The van der Waals surface area contributed by atoms with Crippen LogP contribution in [0.2, 0.25) is 5.02 Å². The van der Waals surface area contributed by atoms with Crippen molar-refractivity contribution in [1.29, 1.82) is 5.26 Å². The molecule has 2 aromatic carbocycles. The third kappa shape index (κ3) is 6.94. The number of nitrogens with zero attached hydrogens (tertiary/aromatic N) is 5. The maximum atomic E-state index is 13.2. The standard InChI is InChI=1S/C26H20ClF3N5O3S/c1-35(13-19(24(36)34-15-35)8-17-11-32-25(37-2)33-12-17)39-14-16-3-6-23(18(7-16)10-31)38-20-4-5-22(27)21(9-20)26(28,29)30/h3-7,9,11-13,15H,8,14H2,1-2H3/q+1. The van der Waals surface area contributed by atoms with Crippen molar-refractivity contribution < 1.29 is 31.3 Å². The summed E-state index contributed by atoms with van der Waals surface area (Å²) in [5.41, 5.74) is 1.08. The first kappa shape index (κ1) is 28.1. The highest BCUT2D eigenvalue weighted by atomic mass is 35.5. The average molecular weight is 575 g/mol. The second kappa shape index (κ2) is 11.4. The van der Waals surface area contributed by atoms with Gasteiger partial charge in [-0.3, -0.25) is 4.79 Å². The number of halogens is 4. The molecule has 1 aliphatic rings. The minimum Gasteiger partial charge on any atom is -0.467 e. The van der Waals surface area contributed by atoms with E-state index in [9.17, 15) is 23.2 Å². The molecule has 0 aliphatic carbocycles. The van der Waals surface area contributed by atoms with Gasteiger partial charge in [-0.05, 0) is 41.5 Å². The number of carbonyl (C=O) groups excluding carboxylic acids is 1. The average Bonchev–Trinajstić information content (AvgIpc) is 2.91. The monoisotopic (exact) mass is 574 g/mol. The van der Waals surface area contributed by atoms with Crippen LogP contribution in [0.4, 0.5) is 13.2 Å². The van der Waals surface area contributed by atoms with Crippen LogP contribution in [-0.2, 0) is 23.1 Å². The molecule has 200 valence electrons. The number of quaternary nitrogens is 1. The molecule has 1 unspecified atom stereocenters. The first-order valence-corrected chi connectivity index (χ1v) is 12.6. The van der Waals surface area contributed by atoms with E-state index in [0.29, 0.717) is 17.7 Å². The molecule has 0 saturated carbocycles. The summed E-state index contributed by atoms with van der Waals surface area (Å²) >= 11 is 7.10. The predicted molar refractivity (Wildman–Crippen MR) is 139 cm³/mol. The Morgan fingerprint density at radius 1 is 1.13 bits per heavy atom. The van der Waals surface area contributed by atoms with Crippen LogP contribution < -0.4 is 9.47 Å². The van der Waals surface area contributed by atoms with Gasteiger partial charge >= 0.3 is 12.2 Å². The van der Waals surface area contributed by atoms with Crippen LogP contribution in [0.5, 0.6) is 17.5 Å². The second-order valence-electron chi connectivity index (χ2n) is 8.47. The molecule has 2 heterocycles. The molecule has 3 aromatic rings. The number of nitriles is 1. The molecule has 1 amide bonds. The Balaban J connectivity index is 1.47. The predicted octanol–water partition coefficient (Wildman–Crippen LogP) is 6.11.